The Morgan fingerprint density at radius 3 is 2.55 bits per heavy atom. The number of halogens is 1. The van der Waals surface area contributed by atoms with Crippen molar-refractivity contribution in [2.75, 3.05) is 4.90 Å². The van der Waals surface area contributed by atoms with E-state index < -0.39 is 17.7 Å². The zero-order valence-electron chi connectivity index (χ0n) is 16.8. The number of amides is 1. The maximum atomic E-state index is 13.0. The summed E-state index contributed by atoms with van der Waals surface area (Å²) < 4.78 is 6.44. The van der Waals surface area contributed by atoms with Crippen LogP contribution < -0.4 is 9.64 Å². The predicted octanol–water partition coefficient (Wildman–Crippen LogP) is 5.32. The van der Waals surface area contributed by atoms with Crippen molar-refractivity contribution in [2.45, 2.75) is 26.0 Å². The number of ketones is 1. The molecular weight excluding hydrogens is 480 g/mol. The molecule has 8 heteroatoms. The minimum atomic E-state index is -0.796. The van der Waals surface area contributed by atoms with Crippen molar-refractivity contribution in [3.05, 3.63) is 81.3 Å². The van der Waals surface area contributed by atoms with Crippen molar-refractivity contribution < 1.29 is 19.4 Å². The third-order valence-electron chi connectivity index (χ3n) is 4.73. The first-order chi connectivity index (χ1) is 14.9. The van der Waals surface area contributed by atoms with E-state index in [1.54, 1.807) is 35.8 Å². The third-order valence-corrected chi connectivity index (χ3v) is 6.00. The van der Waals surface area contributed by atoms with E-state index in [2.05, 4.69) is 20.9 Å². The number of benzene rings is 2. The summed E-state index contributed by atoms with van der Waals surface area (Å²) in [7, 11) is 0. The van der Waals surface area contributed by atoms with Gasteiger partial charge in [-0.25, -0.2) is 4.98 Å². The number of anilines is 1. The van der Waals surface area contributed by atoms with Crippen LogP contribution in [0, 0.1) is 0 Å². The molecule has 0 saturated carbocycles. The van der Waals surface area contributed by atoms with Crippen LogP contribution in [0.3, 0.4) is 0 Å². The first kappa shape index (κ1) is 21.3. The van der Waals surface area contributed by atoms with E-state index >= 15 is 0 Å². The number of carbonyl (C=O) groups excluding carboxylic acids is 2. The van der Waals surface area contributed by atoms with Crippen LogP contribution in [0.15, 0.2) is 70.2 Å². The van der Waals surface area contributed by atoms with Crippen molar-refractivity contribution >= 4 is 49.8 Å². The molecule has 0 radical (unpaired) electrons. The molecule has 1 saturated heterocycles. The van der Waals surface area contributed by atoms with E-state index in [1.165, 1.54) is 16.2 Å². The van der Waals surface area contributed by atoms with Gasteiger partial charge >= 0.3 is 5.91 Å². The molecule has 1 atom stereocenters. The smallest absolute Gasteiger partial charge is 0.301 e. The lowest BCUT2D eigenvalue weighted by Gasteiger charge is -2.23. The lowest BCUT2D eigenvalue weighted by molar-refractivity contribution is -0.132. The Bertz CT molecular complexity index is 1160. The normalized spacial score (nSPS) is 18.1. The Morgan fingerprint density at radius 1 is 1.19 bits per heavy atom. The largest absolute Gasteiger partial charge is 0.507 e. The van der Waals surface area contributed by atoms with Crippen molar-refractivity contribution in [3.63, 3.8) is 0 Å². The van der Waals surface area contributed by atoms with Crippen LogP contribution >= 0.6 is 27.3 Å². The lowest BCUT2D eigenvalue weighted by Crippen LogP contribution is -2.29. The molecule has 1 N–H and O–H groups in total. The topological polar surface area (TPSA) is 79.7 Å². The van der Waals surface area contributed by atoms with Gasteiger partial charge < -0.3 is 9.84 Å². The van der Waals surface area contributed by atoms with Gasteiger partial charge in [0.05, 0.1) is 17.7 Å². The van der Waals surface area contributed by atoms with Crippen molar-refractivity contribution in [1.29, 1.82) is 0 Å². The molecule has 0 unspecified atom stereocenters. The predicted molar refractivity (Wildman–Crippen MR) is 123 cm³/mol. The number of aromatic nitrogens is 1. The average Bonchev–Trinajstić information content (AvgIpc) is 3.35. The molecule has 3 aromatic rings. The summed E-state index contributed by atoms with van der Waals surface area (Å²) in [6.07, 6.45) is 1.59. The summed E-state index contributed by atoms with van der Waals surface area (Å²) in [5, 5.41) is 13.2. The van der Waals surface area contributed by atoms with E-state index in [4.69, 9.17) is 4.74 Å². The molecule has 1 fully saturated rings. The number of hydrogen-bond donors (Lipinski definition) is 1. The maximum Gasteiger partial charge on any atom is 0.301 e. The maximum absolute atomic E-state index is 13.0. The fourth-order valence-corrected chi connectivity index (χ4v) is 4.56. The van der Waals surface area contributed by atoms with E-state index in [1.807, 2.05) is 38.1 Å². The Morgan fingerprint density at radius 2 is 1.94 bits per heavy atom. The van der Waals surface area contributed by atoms with Crippen molar-refractivity contribution in [2.24, 2.45) is 0 Å². The Hall–Kier alpha value is -2.97. The van der Waals surface area contributed by atoms with E-state index in [0.29, 0.717) is 22.0 Å². The van der Waals surface area contributed by atoms with Crippen LogP contribution in [-0.2, 0) is 9.59 Å². The number of carbonyl (C=O) groups is 2. The van der Waals surface area contributed by atoms with Gasteiger partial charge in [-0.15, -0.1) is 11.3 Å². The monoisotopic (exact) mass is 498 g/mol. The van der Waals surface area contributed by atoms with Crippen molar-refractivity contribution in [3.8, 4) is 5.75 Å². The fourth-order valence-electron chi connectivity index (χ4n) is 3.48. The van der Waals surface area contributed by atoms with Crippen LogP contribution in [0.2, 0.25) is 0 Å². The SMILES string of the molecule is CC(C)Oc1ccc(/C(O)=C2\C(=O)C(=O)N(c3nccs3)[C@@H]2c2cccc(Br)c2)cc1. The molecule has 1 amide bonds. The average molecular weight is 499 g/mol. The highest BCUT2D eigenvalue weighted by Crippen LogP contribution is 2.43. The summed E-state index contributed by atoms with van der Waals surface area (Å²) in [5.74, 6) is -1.06. The number of aliphatic hydroxyl groups excluding tert-OH is 1. The molecular formula is C23H19BrN2O4S. The second-order valence-corrected chi connectivity index (χ2v) is 9.02. The molecule has 0 aliphatic carbocycles. The zero-order chi connectivity index (χ0) is 22.1. The first-order valence-electron chi connectivity index (χ1n) is 9.60. The number of nitrogens with zero attached hydrogens (tertiary/aromatic N) is 2. The first-order valence-corrected chi connectivity index (χ1v) is 11.3. The Balaban J connectivity index is 1.85. The number of hydrogen-bond acceptors (Lipinski definition) is 6. The highest BCUT2D eigenvalue weighted by Gasteiger charge is 2.48. The van der Waals surface area contributed by atoms with E-state index in [-0.39, 0.29) is 17.4 Å². The molecule has 158 valence electrons. The molecule has 0 spiro atoms. The quantitative estimate of drug-likeness (QED) is 0.292. The standard InChI is InChI=1S/C23H19BrN2O4S/c1-13(2)30-17-8-6-14(7-9-17)20(27)18-19(15-4-3-5-16(24)12-15)26(22(29)21(18)28)23-25-10-11-31-23/h3-13,19,27H,1-2H3/b20-18+/t19-/m1/s1. The Kier molecular flexibility index (Phi) is 5.93. The Labute approximate surface area is 191 Å². The number of thiazole rings is 1. The van der Waals surface area contributed by atoms with E-state index in [9.17, 15) is 14.7 Å². The highest BCUT2D eigenvalue weighted by atomic mass is 79.9. The summed E-state index contributed by atoms with van der Waals surface area (Å²) in [5.41, 5.74) is 1.13. The molecule has 1 aromatic heterocycles. The number of rotatable bonds is 5. The minimum Gasteiger partial charge on any atom is -0.507 e. The number of ether oxygens (including phenoxy) is 1. The van der Waals surface area contributed by atoms with Gasteiger partial charge in [0.1, 0.15) is 11.5 Å². The summed E-state index contributed by atoms with van der Waals surface area (Å²) in [4.78, 5) is 31.6. The van der Waals surface area contributed by atoms with Gasteiger partial charge in [-0.2, -0.15) is 0 Å². The molecule has 1 aliphatic rings. The number of Topliss-reactive ketones (excluding diaryl/α,β-unsaturated/α-hetero) is 1. The molecule has 31 heavy (non-hydrogen) atoms. The van der Waals surface area contributed by atoms with Crippen molar-refractivity contribution in [1.82, 2.24) is 4.98 Å². The van der Waals surface area contributed by atoms with Crippen LogP contribution in [-0.4, -0.2) is 27.9 Å². The van der Waals surface area contributed by atoms with Gasteiger partial charge in [0, 0.05) is 21.6 Å². The highest BCUT2D eigenvalue weighted by molar-refractivity contribution is 9.10. The van der Waals surface area contributed by atoms with Gasteiger partial charge in [0.15, 0.2) is 5.13 Å². The second kappa shape index (κ2) is 8.64. The molecule has 0 bridgehead atoms. The summed E-state index contributed by atoms with van der Waals surface area (Å²) in [6.45, 7) is 3.85. The molecule has 2 heterocycles. The summed E-state index contributed by atoms with van der Waals surface area (Å²) >= 11 is 4.70. The van der Waals surface area contributed by atoms with Gasteiger partial charge in [-0.3, -0.25) is 14.5 Å². The fraction of sp³-hybridized carbons (Fsp3) is 0.174. The molecule has 2 aromatic carbocycles. The van der Waals surface area contributed by atoms with Crippen LogP contribution in [0.1, 0.15) is 31.0 Å². The van der Waals surface area contributed by atoms with Crippen LogP contribution in [0.25, 0.3) is 5.76 Å². The van der Waals surface area contributed by atoms with Gasteiger partial charge in [0.2, 0.25) is 0 Å². The molecule has 4 rings (SSSR count). The second-order valence-electron chi connectivity index (χ2n) is 7.23. The lowest BCUT2D eigenvalue weighted by atomic mass is 9.95. The zero-order valence-corrected chi connectivity index (χ0v) is 19.2. The third kappa shape index (κ3) is 4.13. The van der Waals surface area contributed by atoms with Crippen LogP contribution in [0.4, 0.5) is 5.13 Å². The number of aliphatic hydroxyl groups is 1. The molecule has 1 aliphatic heterocycles. The van der Waals surface area contributed by atoms with Gasteiger partial charge in [0.25, 0.3) is 5.78 Å². The van der Waals surface area contributed by atoms with Gasteiger partial charge in [-0.1, -0.05) is 28.1 Å². The van der Waals surface area contributed by atoms with Crippen LogP contribution in [0.5, 0.6) is 5.75 Å². The van der Waals surface area contributed by atoms with E-state index in [0.717, 1.165) is 4.47 Å². The van der Waals surface area contributed by atoms with Gasteiger partial charge in [-0.05, 0) is 55.8 Å². The molecule has 6 nitrogen and oxygen atoms in total. The minimum absolute atomic E-state index is 0.0135. The summed E-state index contributed by atoms with van der Waals surface area (Å²) in [6, 6.07) is 13.3.